The van der Waals surface area contributed by atoms with E-state index in [-0.39, 0.29) is 13.0 Å². The van der Waals surface area contributed by atoms with Crippen molar-refractivity contribution in [3.05, 3.63) is 48.0 Å². The molecule has 0 radical (unpaired) electrons. The van der Waals surface area contributed by atoms with E-state index >= 15 is 0 Å². The molecule has 0 spiro atoms. The minimum absolute atomic E-state index is 0.237. The third-order valence-corrected chi connectivity index (χ3v) is 5.09. The molecule has 0 aliphatic carbocycles. The summed E-state index contributed by atoms with van der Waals surface area (Å²) in [5.41, 5.74) is 6.37. The van der Waals surface area contributed by atoms with Gasteiger partial charge in [0.25, 0.3) is 0 Å². The lowest BCUT2D eigenvalue weighted by molar-refractivity contribution is -0.176. The number of hydrogen-bond acceptors (Lipinski definition) is 4. The standard InChI is InChI=1S/C19H20N2O3S/c1-2-5-18(22)24-21(19(20)23)11-10-13-8-9-15-14-6-3-4-7-16(14)25-17(15)12-13/h3-4,6-9,12H,2,5,10-11H2,1H3,(H2,20,23). The number of thiophene rings is 1. The van der Waals surface area contributed by atoms with Gasteiger partial charge in [0.2, 0.25) is 0 Å². The zero-order valence-corrected chi connectivity index (χ0v) is 14.8. The van der Waals surface area contributed by atoms with Gasteiger partial charge in [-0.25, -0.2) is 9.59 Å². The highest BCUT2D eigenvalue weighted by Gasteiger charge is 2.15. The number of carbonyl (C=O) groups is 2. The quantitative estimate of drug-likeness (QED) is 0.695. The Morgan fingerprint density at radius 2 is 1.88 bits per heavy atom. The van der Waals surface area contributed by atoms with E-state index in [9.17, 15) is 9.59 Å². The second-order valence-corrected chi connectivity index (χ2v) is 6.92. The third kappa shape index (κ3) is 3.91. The van der Waals surface area contributed by atoms with Crippen LogP contribution in [-0.4, -0.2) is 23.6 Å². The van der Waals surface area contributed by atoms with Crippen molar-refractivity contribution < 1.29 is 14.4 Å². The van der Waals surface area contributed by atoms with E-state index in [4.69, 9.17) is 10.6 Å². The van der Waals surface area contributed by atoms with E-state index in [0.717, 1.165) is 10.6 Å². The lowest BCUT2D eigenvalue weighted by Gasteiger charge is -2.18. The third-order valence-electron chi connectivity index (χ3n) is 3.96. The van der Waals surface area contributed by atoms with Crippen molar-refractivity contribution in [3.8, 4) is 0 Å². The minimum atomic E-state index is -0.757. The molecule has 0 aliphatic rings. The van der Waals surface area contributed by atoms with Crippen LogP contribution in [0.2, 0.25) is 0 Å². The van der Waals surface area contributed by atoms with E-state index < -0.39 is 12.0 Å². The molecule has 25 heavy (non-hydrogen) atoms. The topological polar surface area (TPSA) is 72.6 Å². The monoisotopic (exact) mass is 356 g/mol. The Bertz CT molecular complexity index is 919. The Balaban J connectivity index is 1.74. The molecule has 1 aromatic heterocycles. The second-order valence-electron chi connectivity index (χ2n) is 5.83. The van der Waals surface area contributed by atoms with Gasteiger partial charge in [-0.1, -0.05) is 37.3 Å². The number of benzene rings is 2. The first kappa shape index (κ1) is 17.2. The fourth-order valence-corrected chi connectivity index (χ4v) is 3.90. The molecule has 1 heterocycles. The van der Waals surface area contributed by atoms with E-state index in [2.05, 4.69) is 24.3 Å². The number of hydrogen-bond donors (Lipinski definition) is 1. The summed E-state index contributed by atoms with van der Waals surface area (Å²) in [7, 11) is 0. The van der Waals surface area contributed by atoms with Gasteiger partial charge in [-0.2, -0.15) is 5.06 Å². The van der Waals surface area contributed by atoms with Crippen LogP contribution in [0.4, 0.5) is 4.79 Å². The maximum atomic E-state index is 11.6. The smallest absolute Gasteiger partial charge is 0.348 e. The number of carbonyl (C=O) groups excluding carboxylic acids is 2. The second kappa shape index (κ2) is 7.53. The van der Waals surface area contributed by atoms with Crippen LogP contribution < -0.4 is 5.73 Å². The highest BCUT2D eigenvalue weighted by molar-refractivity contribution is 7.25. The van der Waals surface area contributed by atoms with Crippen LogP contribution in [0.15, 0.2) is 42.5 Å². The van der Waals surface area contributed by atoms with Gasteiger partial charge in [0.05, 0.1) is 6.54 Å². The number of rotatable bonds is 5. The van der Waals surface area contributed by atoms with Crippen LogP contribution in [0.5, 0.6) is 0 Å². The Morgan fingerprint density at radius 3 is 2.64 bits per heavy atom. The van der Waals surface area contributed by atoms with E-state index in [1.807, 2.05) is 25.1 Å². The zero-order valence-electron chi connectivity index (χ0n) is 14.0. The molecule has 3 aromatic rings. The SMILES string of the molecule is CCCC(=O)ON(CCc1ccc2c(c1)sc1ccccc12)C(N)=O. The Kier molecular flexibility index (Phi) is 5.19. The number of nitrogens with two attached hydrogens (primary N) is 1. The van der Waals surface area contributed by atoms with Crippen molar-refractivity contribution in [2.75, 3.05) is 6.54 Å². The average molecular weight is 356 g/mol. The molecular formula is C19H20N2O3S. The van der Waals surface area contributed by atoms with Crippen molar-refractivity contribution in [1.29, 1.82) is 0 Å². The van der Waals surface area contributed by atoms with Gasteiger partial charge in [0.15, 0.2) is 0 Å². The maximum absolute atomic E-state index is 11.6. The highest BCUT2D eigenvalue weighted by atomic mass is 32.1. The molecule has 6 heteroatoms. The fraction of sp³-hybridized carbons (Fsp3) is 0.263. The van der Waals surface area contributed by atoms with Gasteiger partial charge in [-0.3, -0.25) is 0 Å². The van der Waals surface area contributed by atoms with Crippen LogP contribution in [0.25, 0.3) is 20.2 Å². The van der Waals surface area contributed by atoms with Crippen molar-refractivity contribution in [2.45, 2.75) is 26.2 Å². The average Bonchev–Trinajstić information content (AvgIpc) is 2.96. The van der Waals surface area contributed by atoms with Crippen LogP contribution in [0.3, 0.4) is 0 Å². The summed E-state index contributed by atoms with van der Waals surface area (Å²) in [6, 6.07) is 13.8. The molecule has 5 nitrogen and oxygen atoms in total. The fourth-order valence-electron chi connectivity index (χ4n) is 2.73. The van der Waals surface area contributed by atoms with E-state index in [0.29, 0.717) is 12.8 Å². The van der Waals surface area contributed by atoms with Crippen molar-refractivity contribution in [3.63, 3.8) is 0 Å². The Hall–Kier alpha value is -2.60. The molecule has 0 fully saturated rings. The normalized spacial score (nSPS) is 10.9. The molecule has 2 amide bonds. The maximum Gasteiger partial charge on any atom is 0.348 e. The van der Waals surface area contributed by atoms with Crippen LogP contribution in [-0.2, 0) is 16.1 Å². The summed E-state index contributed by atoms with van der Waals surface area (Å²) in [6.45, 7) is 2.11. The summed E-state index contributed by atoms with van der Waals surface area (Å²) >= 11 is 1.74. The number of nitrogens with zero attached hydrogens (tertiary/aromatic N) is 1. The number of urea groups is 1. The number of hydroxylamine groups is 2. The van der Waals surface area contributed by atoms with Crippen molar-refractivity contribution in [2.24, 2.45) is 5.73 Å². The first-order valence-corrected chi connectivity index (χ1v) is 9.08. The predicted molar refractivity (Wildman–Crippen MR) is 100 cm³/mol. The summed E-state index contributed by atoms with van der Waals surface area (Å²) < 4.78 is 2.45. The van der Waals surface area contributed by atoms with Gasteiger partial charge in [-0.15, -0.1) is 11.3 Å². The molecular weight excluding hydrogens is 336 g/mol. The van der Waals surface area contributed by atoms with Gasteiger partial charge in [0.1, 0.15) is 0 Å². The predicted octanol–water partition coefficient (Wildman–Crippen LogP) is 4.24. The molecule has 2 N–H and O–H groups in total. The Labute approximate surface area is 149 Å². The van der Waals surface area contributed by atoms with Crippen molar-refractivity contribution >= 4 is 43.5 Å². The van der Waals surface area contributed by atoms with Crippen LogP contribution in [0, 0.1) is 0 Å². The molecule has 0 bridgehead atoms. The molecule has 0 saturated heterocycles. The summed E-state index contributed by atoms with van der Waals surface area (Å²) in [5, 5.41) is 3.42. The van der Waals surface area contributed by atoms with Gasteiger partial charge in [-0.05, 0) is 30.5 Å². The molecule has 0 atom stereocenters. The van der Waals surface area contributed by atoms with Crippen molar-refractivity contribution in [1.82, 2.24) is 5.06 Å². The lowest BCUT2D eigenvalue weighted by atomic mass is 10.1. The van der Waals surface area contributed by atoms with Gasteiger partial charge >= 0.3 is 12.0 Å². The minimum Gasteiger partial charge on any atom is -0.349 e. The molecule has 2 aromatic carbocycles. The largest absolute Gasteiger partial charge is 0.349 e. The van der Waals surface area contributed by atoms with Crippen LogP contribution >= 0.6 is 11.3 Å². The highest BCUT2D eigenvalue weighted by Crippen LogP contribution is 2.34. The number of amides is 2. The summed E-state index contributed by atoms with van der Waals surface area (Å²) in [5.74, 6) is -0.443. The summed E-state index contributed by atoms with van der Waals surface area (Å²) in [6.07, 6.45) is 1.48. The molecule has 0 unspecified atom stereocenters. The molecule has 130 valence electrons. The molecule has 3 rings (SSSR count). The summed E-state index contributed by atoms with van der Waals surface area (Å²) in [4.78, 5) is 28.1. The van der Waals surface area contributed by atoms with E-state index in [1.54, 1.807) is 11.3 Å². The lowest BCUT2D eigenvalue weighted by Crippen LogP contribution is -2.39. The van der Waals surface area contributed by atoms with E-state index in [1.165, 1.54) is 20.2 Å². The van der Waals surface area contributed by atoms with Gasteiger partial charge < -0.3 is 10.6 Å². The van der Waals surface area contributed by atoms with Gasteiger partial charge in [0, 0.05) is 26.6 Å². The number of fused-ring (bicyclic) bond motifs is 3. The molecule has 0 saturated carbocycles. The number of primary amides is 1. The first-order valence-electron chi connectivity index (χ1n) is 8.26. The van der Waals surface area contributed by atoms with Crippen LogP contribution in [0.1, 0.15) is 25.3 Å². The molecule has 0 aliphatic heterocycles. The Morgan fingerprint density at radius 1 is 1.12 bits per heavy atom. The zero-order chi connectivity index (χ0) is 17.8. The first-order chi connectivity index (χ1) is 12.1.